The Balaban J connectivity index is 0.00000156. The molecule has 0 radical (unpaired) electrons. The molecule has 1 saturated heterocycles. The Morgan fingerprint density at radius 2 is 2.12 bits per heavy atom. The number of hydrogen-bond donors (Lipinski definition) is 1. The van der Waals surface area contributed by atoms with Gasteiger partial charge in [-0.2, -0.15) is 18.6 Å². The molecule has 128 valence electrons. The smallest absolute Gasteiger partial charge is 1.00 e. The number of urea groups is 1. The molecule has 2 aliphatic heterocycles. The first kappa shape index (κ1) is 19.1. The normalized spacial score (nSPS) is 22.2. The number of hydroxylamine groups is 2. The fourth-order valence-corrected chi connectivity index (χ4v) is 3.29. The molecule has 1 aromatic rings. The minimum absolute atomic E-state index is 0. The number of carbonyl (C=O) groups excluding carboxylic acids is 2. The second-order valence-electron chi connectivity index (χ2n) is 5.52. The third-order valence-electron chi connectivity index (χ3n) is 3.88. The van der Waals surface area contributed by atoms with Crippen molar-refractivity contribution in [3.63, 3.8) is 0 Å². The molecule has 3 heterocycles. The summed E-state index contributed by atoms with van der Waals surface area (Å²) in [4.78, 5) is 27.5. The molecule has 0 unspecified atom stereocenters. The summed E-state index contributed by atoms with van der Waals surface area (Å²) in [5, 5.41) is 4.63. The van der Waals surface area contributed by atoms with Gasteiger partial charge in [-0.15, -0.1) is 4.28 Å². The summed E-state index contributed by atoms with van der Waals surface area (Å²) in [6, 6.07) is -2.53. The number of fused-ring (bicyclic) bond motifs is 4. The number of aryl methyl sites for hydroxylation is 1. The molecule has 24 heavy (non-hydrogen) atoms. The number of likely N-dealkylation sites (N-methyl/N-ethyl adjacent to an activating group) is 1. The van der Waals surface area contributed by atoms with Crippen LogP contribution >= 0.6 is 0 Å². The third kappa shape index (κ3) is 2.93. The summed E-state index contributed by atoms with van der Waals surface area (Å²) in [5.41, 5.74) is 0.980. The Labute approximate surface area is 161 Å². The van der Waals surface area contributed by atoms with Crippen LogP contribution in [0.4, 0.5) is 4.79 Å². The number of rotatable bonds is 3. The van der Waals surface area contributed by atoms with Crippen LogP contribution in [0, 0.1) is 0 Å². The molecule has 11 nitrogen and oxygen atoms in total. The van der Waals surface area contributed by atoms with Gasteiger partial charge in [-0.1, -0.05) is 0 Å². The summed E-state index contributed by atoms with van der Waals surface area (Å²) in [6.07, 6.45) is 1.45. The van der Waals surface area contributed by atoms with Crippen LogP contribution in [0.5, 0.6) is 0 Å². The van der Waals surface area contributed by atoms with Gasteiger partial charge in [0.1, 0.15) is 6.04 Å². The van der Waals surface area contributed by atoms with E-state index in [0.717, 1.165) is 0 Å². The molecular formula is C11H16N5NaO6S. The van der Waals surface area contributed by atoms with E-state index in [4.69, 9.17) is 4.55 Å². The number of hydrogen-bond acceptors (Lipinski definition) is 6. The molecule has 2 bridgehead atoms. The monoisotopic (exact) mass is 369 g/mol. The maximum Gasteiger partial charge on any atom is 1.00 e. The number of nitrogens with zero attached hydrogens (tertiary/aromatic N) is 5. The predicted octanol–water partition coefficient (Wildman–Crippen LogP) is -3.81. The second kappa shape index (κ2) is 6.28. The van der Waals surface area contributed by atoms with E-state index in [1.54, 1.807) is 21.1 Å². The van der Waals surface area contributed by atoms with Crippen molar-refractivity contribution in [3.8, 4) is 0 Å². The molecule has 1 aromatic heterocycles. The van der Waals surface area contributed by atoms with Gasteiger partial charge in [0.2, 0.25) is 0 Å². The molecule has 0 spiro atoms. The fraction of sp³-hybridized carbons (Fsp3) is 0.545. The van der Waals surface area contributed by atoms with Gasteiger partial charge in [-0.3, -0.25) is 14.0 Å². The van der Waals surface area contributed by atoms with Gasteiger partial charge in [-0.05, 0) is 0 Å². The first-order chi connectivity index (χ1) is 10.6. The van der Waals surface area contributed by atoms with Crippen molar-refractivity contribution in [1.29, 1.82) is 0 Å². The van der Waals surface area contributed by atoms with Crippen LogP contribution < -0.4 is 29.6 Å². The van der Waals surface area contributed by atoms with Crippen molar-refractivity contribution in [1.82, 2.24) is 24.6 Å². The van der Waals surface area contributed by atoms with Crippen molar-refractivity contribution in [2.45, 2.75) is 12.1 Å². The van der Waals surface area contributed by atoms with Crippen molar-refractivity contribution in [2.24, 2.45) is 7.05 Å². The zero-order valence-electron chi connectivity index (χ0n) is 14.6. The van der Waals surface area contributed by atoms with Gasteiger partial charge in [-0.25, -0.2) is 4.79 Å². The van der Waals surface area contributed by atoms with E-state index in [2.05, 4.69) is 9.38 Å². The Morgan fingerprint density at radius 1 is 1.50 bits per heavy atom. The average Bonchev–Trinajstić information content (AvgIpc) is 2.93. The van der Waals surface area contributed by atoms with Crippen molar-refractivity contribution in [2.75, 3.05) is 20.6 Å². The molecular weight excluding hydrogens is 353 g/mol. The molecule has 13 heteroatoms. The van der Waals surface area contributed by atoms with Gasteiger partial charge < -0.3 is 11.2 Å². The van der Waals surface area contributed by atoms with E-state index in [1.807, 2.05) is 0 Å². The van der Waals surface area contributed by atoms with Gasteiger partial charge in [0.25, 0.3) is 5.91 Å². The maximum absolute atomic E-state index is 12.5. The predicted molar refractivity (Wildman–Crippen MR) is 75.1 cm³/mol. The van der Waals surface area contributed by atoms with Crippen LogP contribution in [0.15, 0.2) is 6.20 Å². The van der Waals surface area contributed by atoms with E-state index in [0.29, 0.717) is 16.3 Å². The van der Waals surface area contributed by atoms with Gasteiger partial charge >= 0.3 is 46.0 Å². The molecule has 1 fully saturated rings. The topological polar surface area (TPSA) is 125 Å². The molecule has 2 atom stereocenters. The van der Waals surface area contributed by atoms with E-state index in [1.165, 1.54) is 20.7 Å². The Bertz CT molecular complexity index is 799. The Kier molecular flexibility index (Phi) is 5.01. The molecule has 3 amide bonds. The van der Waals surface area contributed by atoms with Gasteiger partial charge in [0.15, 0.2) is 6.04 Å². The fourth-order valence-electron chi connectivity index (χ4n) is 2.92. The largest absolute Gasteiger partial charge is 1.00 e. The number of carbonyl (C=O) groups is 2. The zero-order valence-corrected chi connectivity index (χ0v) is 16.4. The van der Waals surface area contributed by atoms with Crippen LogP contribution in [0.2, 0.25) is 0 Å². The average molecular weight is 369 g/mol. The van der Waals surface area contributed by atoms with E-state index >= 15 is 0 Å². The number of amides is 3. The minimum atomic E-state index is -4.87. The second-order valence-corrected chi connectivity index (χ2v) is 6.53. The first-order valence-corrected chi connectivity index (χ1v) is 7.98. The summed E-state index contributed by atoms with van der Waals surface area (Å²) in [5.74, 6) is -0.352. The van der Waals surface area contributed by atoms with Crippen LogP contribution in [0.3, 0.4) is 0 Å². The molecule has 1 N–H and O–H groups in total. The van der Waals surface area contributed by atoms with Crippen LogP contribution in [0.25, 0.3) is 0 Å². The molecule has 0 saturated carbocycles. The van der Waals surface area contributed by atoms with E-state index < -0.39 is 28.5 Å². The van der Waals surface area contributed by atoms with E-state index in [9.17, 15) is 18.0 Å². The van der Waals surface area contributed by atoms with Gasteiger partial charge in [0.05, 0.1) is 18.4 Å². The van der Waals surface area contributed by atoms with Crippen molar-refractivity contribution in [3.05, 3.63) is 17.5 Å². The summed E-state index contributed by atoms with van der Waals surface area (Å²) in [7, 11) is -0.143. The van der Waals surface area contributed by atoms with Gasteiger partial charge in [0, 0.05) is 26.7 Å². The third-order valence-corrected chi connectivity index (χ3v) is 4.23. The number of aromatic nitrogens is 2. The maximum atomic E-state index is 12.5. The van der Waals surface area contributed by atoms with Crippen LogP contribution in [0.1, 0.15) is 24.8 Å². The summed E-state index contributed by atoms with van der Waals surface area (Å²) in [6.45, 7) is 0.0529. The quantitative estimate of drug-likeness (QED) is 0.428. The van der Waals surface area contributed by atoms with Crippen LogP contribution in [-0.4, -0.2) is 70.2 Å². The minimum Gasteiger partial charge on any atom is -1.00 e. The Hall–Kier alpha value is -1.18. The molecule has 3 rings (SSSR count). The van der Waals surface area contributed by atoms with E-state index in [-0.39, 0.29) is 43.4 Å². The molecule has 0 aliphatic carbocycles. The Morgan fingerprint density at radius 3 is 2.67 bits per heavy atom. The molecule has 2 aliphatic rings. The summed E-state index contributed by atoms with van der Waals surface area (Å²) >= 11 is 0. The van der Waals surface area contributed by atoms with Crippen molar-refractivity contribution >= 4 is 22.3 Å². The SMILES string of the molecule is CN(C)C(=O)[C@@H]1c2c(cnn2C)[C@@H]2CN1C(=O)N2OS(=O)(=O)O.[H-].[Na+]. The molecule has 0 aromatic carbocycles. The zero-order chi connectivity index (χ0) is 17.1. The van der Waals surface area contributed by atoms with Crippen molar-refractivity contribution < 1.29 is 57.8 Å². The summed E-state index contributed by atoms with van der Waals surface area (Å²) < 4.78 is 36.7. The first-order valence-electron chi connectivity index (χ1n) is 6.61. The van der Waals surface area contributed by atoms with Crippen LogP contribution in [-0.2, 0) is 26.5 Å². The standard InChI is InChI=1S/C11H15N5O6S.Na.H/c1-13(2)10(17)9-8-6(4-12-14(8)3)7-5-15(9)11(18)16(7)22-23(19,20)21;;/h4,7,9H,5H2,1-3H3,(H,19,20,21);;/q;+1;-1/t7-,9-;;/m0../s1.